The molecule has 3 rings (SSSR count). The lowest BCUT2D eigenvalue weighted by atomic mass is 10.0. The third-order valence-electron chi connectivity index (χ3n) is 4.58. The molecule has 0 N–H and O–H groups in total. The van der Waals surface area contributed by atoms with Crippen molar-refractivity contribution in [1.82, 2.24) is 4.57 Å². The zero-order chi connectivity index (χ0) is 20.6. The number of aryl methyl sites for hydroxylation is 1. The maximum atomic E-state index is 13.1. The second-order valence-corrected chi connectivity index (χ2v) is 6.57. The maximum Gasteiger partial charge on any atom is 0.305 e. The van der Waals surface area contributed by atoms with E-state index >= 15 is 0 Å². The number of hydrogen-bond acceptors (Lipinski definition) is 5. The lowest BCUT2D eigenvalue weighted by Gasteiger charge is -2.05. The molecule has 0 fully saturated rings. The van der Waals surface area contributed by atoms with Gasteiger partial charge in [0.05, 0.1) is 6.61 Å². The molecule has 0 radical (unpaired) electrons. The van der Waals surface area contributed by atoms with E-state index < -0.39 is 0 Å². The van der Waals surface area contributed by atoms with E-state index in [1.54, 1.807) is 38.3 Å². The fourth-order valence-electron chi connectivity index (χ4n) is 3.22. The molecule has 0 amide bonds. The molecule has 6 nitrogen and oxygen atoms in total. The molecule has 0 saturated carbocycles. The number of ether oxygens (including phenoxy) is 3. The number of esters is 1. The Morgan fingerprint density at radius 2 is 1.79 bits per heavy atom. The van der Waals surface area contributed by atoms with Crippen LogP contribution in [0.25, 0.3) is 10.9 Å². The summed E-state index contributed by atoms with van der Waals surface area (Å²) in [6, 6.07) is 14.8. The van der Waals surface area contributed by atoms with E-state index in [1.807, 2.05) is 35.0 Å². The van der Waals surface area contributed by atoms with Crippen molar-refractivity contribution in [3.05, 3.63) is 65.9 Å². The normalized spacial score (nSPS) is 10.8. The number of rotatable bonds is 10. The fraction of sp³-hybridized carbons (Fsp3) is 0.304. The molecule has 6 heteroatoms. The summed E-state index contributed by atoms with van der Waals surface area (Å²) >= 11 is 0. The average Bonchev–Trinajstić information content (AvgIpc) is 3.11. The highest BCUT2D eigenvalue weighted by atomic mass is 16.7. The molecule has 1 aromatic heterocycles. The molecule has 0 saturated heterocycles. The largest absolute Gasteiger partial charge is 0.468 e. The summed E-state index contributed by atoms with van der Waals surface area (Å²) in [5.74, 6) is 0.393. The molecule has 0 atom stereocenters. The quantitative estimate of drug-likeness (QED) is 0.292. The van der Waals surface area contributed by atoms with Crippen molar-refractivity contribution < 1.29 is 23.8 Å². The van der Waals surface area contributed by atoms with Gasteiger partial charge in [-0.05, 0) is 43.7 Å². The van der Waals surface area contributed by atoms with Gasteiger partial charge in [0.1, 0.15) is 5.75 Å². The molecule has 1 heterocycles. The summed E-state index contributed by atoms with van der Waals surface area (Å²) in [4.78, 5) is 24.7. The Bertz CT molecular complexity index is 975. The van der Waals surface area contributed by atoms with Crippen molar-refractivity contribution in [2.24, 2.45) is 0 Å². The number of benzene rings is 2. The van der Waals surface area contributed by atoms with E-state index in [0.717, 1.165) is 10.9 Å². The average molecular weight is 395 g/mol. The van der Waals surface area contributed by atoms with Gasteiger partial charge in [-0.15, -0.1) is 0 Å². The van der Waals surface area contributed by atoms with E-state index in [-0.39, 0.29) is 18.5 Å². The first-order chi connectivity index (χ1) is 14.1. The van der Waals surface area contributed by atoms with Crippen LogP contribution in [0.4, 0.5) is 0 Å². The summed E-state index contributed by atoms with van der Waals surface area (Å²) in [6.45, 7) is 2.98. The molecule has 3 aromatic rings. The zero-order valence-corrected chi connectivity index (χ0v) is 16.7. The van der Waals surface area contributed by atoms with Gasteiger partial charge in [0, 0.05) is 48.3 Å². The summed E-state index contributed by atoms with van der Waals surface area (Å²) in [5.41, 5.74) is 2.20. The second-order valence-electron chi connectivity index (χ2n) is 6.57. The first-order valence-corrected chi connectivity index (χ1v) is 9.64. The van der Waals surface area contributed by atoms with Crippen molar-refractivity contribution in [3.8, 4) is 5.75 Å². The van der Waals surface area contributed by atoms with Gasteiger partial charge in [-0.2, -0.15) is 0 Å². The summed E-state index contributed by atoms with van der Waals surface area (Å²) in [6.07, 6.45) is 2.87. The number of ketones is 1. The van der Waals surface area contributed by atoms with Gasteiger partial charge in [0.25, 0.3) is 0 Å². The van der Waals surface area contributed by atoms with Crippen LogP contribution in [0.3, 0.4) is 0 Å². The van der Waals surface area contributed by atoms with Crippen molar-refractivity contribution in [2.45, 2.75) is 26.3 Å². The minimum Gasteiger partial charge on any atom is -0.468 e. The van der Waals surface area contributed by atoms with E-state index in [9.17, 15) is 9.59 Å². The highest BCUT2D eigenvalue weighted by molar-refractivity contribution is 6.16. The smallest absolute Gasteiger partial charge is 0.305 e. The van der Waals surface area contributed by atoms with Crippen LogP contribution in [0.5, 0.6) is 5.75 Å². The molecule has 0 bridgehead atoms. The molecule has 0 aliphatic carbocycles. The summed E-state index contributed by atoms with van der Waals surface area (Å²) in [5, 5.41) is 0.897. The lowest BCUT2D eigenvalue weighted by Crippen LogP contribution is -2.06. The Morgan fingerprint density at radius 1 is 1.03 bits per heavy atom. The Labute approximate surface area is 170 Å². The molecular formula is C23H25NO5. The summed E-state index contributed by atoms with van der Waals surface area (Å²) in [7, 11) is 1.56. The van der Waals surface area contributed by atoms with Gasteiger partial charge in [-0.1, -0.05) is 18.2 Å². The van der Waals surface area contributed by atoms with Crippen LogP contribution in [0.1, 0.15) is 35.7 Å². The second kappa shape index (κ2) is 9.89. The molecule has 0 unspecified atom stereocenters. The number of hydrogen-bond donors (Lipinski definition) is 0. The molecule has 29 heavy (non-hydrogen) atoms. The number of para-hydroxylation sites is 1. The number of fused-ring (bicyclic) bond motifs is 1. The van der Waals surface area contributed by atoms with Crippen LogP contribution < -0.4 is 4.74 Å². The van der Waals surface area contributed by atoms with Gasteiger partial charge in [0.2, 0.25) is 0 Å². The third-order valence-corrected chi connectivity index (χ3v) is 4.58. The first-order valence-electron chi connectivity index (χ1n) is 9.64. The van der Waals surface area contributed by atoms with Crippen molar-refractivity contribution >= 4 is 22.7 Å². The van der Waals surface area contributed by atoms with Crippen LogP contribution in [-0.2, 0) is 20.8 Å². The minimum atomic E-state index is -0.198. The Morgan fingerprint density at radius 3 is 2.52 bits per heavy atom. The zero-order valence-electron chi connectivity index (χ0n) is 16.7. The molecule has 0 aliphatic rings. The third kappa shape index (κ3) is 5.03. The molecule has 0 spiro atoms. The van der Waals surface area contributed by atoms with E-state index in [0.29, 0.717) is 42.9 Å². The number of nitrogens with zero attached hydrogens (tertiary/aromatic N) is 1. The van der Waals surface area contributed by atoms with E-state index in [1.165, 1.54) is 0 Å². The number of carbonyl (C=O) groups excluding carboxylic acids is 2. The highest BCUT2D eigenvalue weighted by Gasteiger charge is 2.17. The van der Waals surface area contributed by atoms with E-state index in [2.05, 4.69) is 0 Å². The summed E-state index contributed by atoms with van der Waals surface area (Å²) < 4.78 is 17.3. The first kappa shape index (κ1) is 20.6. The number of carbonyl (C=O) groups is 2. The SMILES string of the molecule is CCOC(=O)CCCn1cc(C(=O)c2ccc(OCOC)cc2)c2ccccc21. The van der Waals surface area contributed by atoms with Crippen LogP contribution in [0.2, 0.25) is 0 Å². The predicted octanol–water partition coefficient (Wildman–Crippen LogP) is 4.20. The molecular weight excluding hydrogens is 370 g/mol. The molecule has 0 aliphatic heterocycles. The Balaban J connectivity index is 1.80. The predicted molar refractivity (Wildman–Crippen MR) is 110 cm³/mol. The van der Waals surface area contributed by atoms with E-state index in [4.69, 9.17) is 14.2 Å². The monoisotopic (exact) mass is 395 g/mol. The van der Waals surface area contributed by atoms with Gasteiger partial charge >= 0.3 is 5.97 Å². The standard InChI is InChI=1S/C23H25NO5/c1-3-28-22(25)9-6-14-24-15-20(19-7-4-5-8-21(19)24)23(26)17-10-12-18(13-11-17)29-16-27-2/h4-5,7-8,10-13,15H,3,6,9,14,16H2,1-2H3. The van der Waals surface area contributed by atoms with Crippen LogP contribution >= 0.6 is 0 Å². The van der Waals surface area contributed by atoms with Crippen LogP contribution in [0, 0.1) is 0 Å². The lowest BCUT2D eigenvalue weighted by molar-refractivity contribution is -0.143. The number of aromatic nitrogens is 1. The topological polar surface area (TPSA) is 66.8 Å². The van der Waals surface area contributed by atoms with Gasteiger partial charge < -0.3 is 18.8 Å². The van der Waals surface area contributed by atoms with Crippen LogP contribution in [-0.4, -0.2) is 36.8 Å². The Kier molecular flexibility index (Phi) is 7.03. The fourth-order valence-corrected chi connectivity index (χ4v) is 3.22. The highest BCUT2D eigenvalue weighted by Crippen LogP contribution is 2.25. The molecule has 2 aromatic carbocycles. The van der Waals surface area contributed by atoms with Crippen molar-refractivity contribution in [3.63, 3.8) is 0 Å². The Hall–Kier alpha value is -3.12. The van der Waals surface area contributed by atoms with Crippen molar-refractivity contribution in [2.75, 3.05) is 20.5 Å². The van der Waals surface area contributed by atoms with Gasteiger partial charge in [-0.3, -0.25) is 9.59 Å². The van der Waals surface area contributed by atoms with Crippen molar-refractivity contribution in [1.29, 1.82) is 0 Å². The van der Waals surface area contributed by atoms with Gasteiger partial charge in [0.15, 0.2) is 12.6 Å². The maximum absolute atomic E-state index is 13.1. The van der Waals surface area contributed by atoms with Gasteiger partial charge in [-0.25, -0.2) is 0 Å². The van der Waals surface area contributed by atoms with Crippen LogP contribution in [0.15, 0.2) is 54.7 Å². The molecule has 152 valence electrons. The minimum absolute atomic E-state index is 0.0522. The number of methoxy groups -OCH3 is 1.